The average Bonchev–Trinajstić information content (AvgIpc) is 2.86. The Morgan fingerprint density at radius 1 is 0.941 bits per heavy atom. The fraction of sp³-hybridized carbons (Fsp3) is 0.917. The minimum atomic E-state index is 0.315. The van der Waals surface area contributed by atoms with Crippen molar-refractivity contribution in [3.8, 4) is 0 Å². The molecule has 17 heavy (non-hydrogen) atoms. The molecule has 98 valence electrons. The lowest BCUT2D eigenvalue weighted by atomic mass is 10.3. The Morgan fingerprint density at radius 2 is 1.53 bits per heavy atom. The Hall–Kier alpha value is -0.650. The number of hydrogen-bond acceptors (Lipinski definition) is 4. The topological polar surface area (TPSA) is 52.8 Å². The van der Waals surface area contributed by atoms with Crippen LogP contribution < -0.4 is 5.73 Å². The smallest absolute Gasteiger partial charge is 0.236 e. The van der Waals surface area contributed by atoms with E-state index in [1.54, 1.807) is 0 Å². The minimum Gasteiger partial charge on any atom is -0.342 e. The summed E-state index contributed by atoms with van der Waals surface area (Å²) in [6.45, 7) is 8.34. The second-order valence-corrected chi connectivity index (χ2v) is 4.99. The van der Waals surface area contributed by atoms with Gasteiger partial charge in [-0.3, -0.25) is 14.6 Å². The lowest BCUT2D eigenvalue weighted by Crippen LogP contribution is -2.50. The molecule has 2 aliphatic rings. The molecular weight excluding hydrogens is 216 g/mol. The van der Waals surface area contributed by atoms with Gasteiger partial charge in [0.1, 0.15) is 0 Å². The highest BCUT2D eigenvalue weighted by Crippen LogP contribution is 2.09. The second kappa shape index (κ2) is 6.33. The lowest BCUT2D eigenvalue weighted by molar-refractivity contribution is -0.131. The van der Waals surface area contributed by atoms with Crippen LogP contribution in [0.5, 0.6) is 0 Å². The molecule has 0 aromatic carbocycles. The first-order valence-electron chi connectivity index (χ1n) is 6.72. The molecule has 0 atom stereocenters. The van der Waals surface area contributed by atoms with Gasteiger partial charge in [-0.15, -0.1) is 0 Å². The van der Waals surface area contributed by atoms with Crippen LogP contribution in [0.2, 0.25) is 0 Å². The first-order valence-corrected chi connectivity index (χ1v) is 6.72. The molecule has 0 aromatic heterocycles. The number of carbonyl (C=O) groups is 1. The highest BCUT2D eigenvalue weighted by Gasteiger charge is 2.22. The molecule has 2 saturated heterocycles. The molecule has 2 rings (SSSR count). The van der Waals surface area contributed by atoms with Crippen molar-refractivity contribution in [2.45, 2.75) is 12.8 Å². The lowest BCUT2D eigenvalue weighted by Gasteiger charge is -2.34. The first-order chi connectivity index (χ1) is 8.29. The molecule has 0 bridgehead atoms. The Balaban J connectivity index is 1.68. The number of piperazine rings is 1. The van der Waals surface area contributed by atoms with Crippen molar-refractivity contribution in [3.05, 3.63) is 0 Å². The molecule has 0 aliphatic carbocycles. The summed E-state index contributed by atoms with van der Waals surface area (Å²) in [5.41, 5.74) is 5.54. The summed E-state index contributed by atoms with van der Waals surface area (Å²) < 4.78 is 0. The highest BCUT2D eigenvalue weighted by molar-refractivity contribution is 5.78. The summed E-state index contributed by atoms with van der Waals surface area (Å²) in [4.78, 5) is 18.6. The van der Waals surface area contributed by atoms with Crippen molar-refractivity contribution in [2.75, 3.05) is 58.9 Å². The Bertz CT molecular complexity index is 245. The fourth-order valence-corrected chi connectivity index (χ4v) is 2.61. The van der Waals surface area contributed by atoms with Gasteiger partial charge >= 0.3 is 0 Å². The number of likely N-dealkylation sites (tertiary alicyclic amines) is 1. The van der Waals surface area contributed by atoms with Gasteiger partial charge in [-0.2, -0.15) is 0 Å². The maximum Gasteiger partial charge on any atom is 0.236 e. The molecule has 5 nitrogen and oxygen atoms in total. The quantitative estimate of drug-likeness (QED) is 0.698. The zero-order chi connectivity index (χ0) is 12.1. The van der Waals surface area contributed by atoms with E-state index in [0.29, 0.717) is 12.5 Å². The summed E-state index contributed by atoms with van der Waals surface area (Å²) in [5.74, 6) is 0.315. The molecule has 2 heterocycles. The molecule has 5 heteroatoms. The van der Waals surface area contributed by atoms with Gasteiger partial charge < -0.3 is 10.6 Å². The maximum atomic E-state index is 12.0. The predicted molar refractivity (Wildman–Crippen MR) is 67.7 cm³/mol. The molecule has 0 aromatic rings. The van der Waals surface area contributed by atoms with E-state index in [4.69, 9.17) is 5.73 Å². The van der Waals surface area contributed by atoms with E-state index < -0.39 is 0 Å². The number of hydrogen-bond donors (Lipinski definition) is 1. The molecule has 0 radical (unpaired) electrons. The van der Waals surface area contributed by atoms with E-state index in [9.17, 15) is 4.79 Å². The summed E-state index contributed by atoms with van der Waals surface area (Å²) in [6.07, 6.45) is 2.35. The number of amides is 1. The SMILES string of the molecule is NCCN1CCN(CC(=O)N2CCCC2)CC1. The van der Waals surface area contributed by atoms with Gasteiger partial charge in [-0.25, -0.2) is 0 Å². The number of carbonyl (C=O) groups excluding carboxylic acids is 1. The van der Waals surface area contributed by atoms with Crippen LogP contribution in [0.1, 0.15) is 12.8 Å². The third-order valence-electron chi connectivity index (χ3n) is 3.73. The van der Waals surface area contributed by atoms with Gasteiger partial charge in [-0.1, -0.05) is 0 Å². The summed E-state index contributed by atoms with van der Waals surface area (Å²) in [7, 11) is 0. The van der Waals surface area contributed by atoms with Gasteiger partial charge in [0.15, 0.2) is 0 Å². The van der Waals surface area contributed by atoms with Gasteiger partial charge in [0.05, 0.1) is 6.54 Å². The average molecular weight is 240 g/mol. The van der Waals surface area contributed by atoms with Crippen molar-refractivity contribution < 1.29 is 4.79 Å². The number of nitrogens with zero attached hydrogens (tertiary/aromatic N) is 3. The first kappa shape index (κ1) is 12.8. The Morgan fingerprint density at radius 3 is 2.12 bits per heavy atom. The Labute approximate surface area is 104 Å². The number of rotatable bonds is 4. The highest BCUT2D eigenvalue weighted by atomic mass is 16.2. The van der Waals surface area contributed by atoms with Crippen LogP contribution in [0.4, 0.5) is 0 Å². The summed E-state index contributed by atoms with van der Waals surface area (Å²) in [5, 5.41) is 0. The van der Waals surface area contributed by atoms with Gasteiger partial charge in [-0.05, 0) is 12.8 Å². The molecular formula is C12H24N4O. The predicted octanol–water partition coefficient (Wildman–Crippen LogP) is -0.815. The van der Waals surface area contributed by atoms with Crippen LogP contribution in [0.3, 0.4) is 0 Å². The molecule has 0 spiro atoms. The van der Waals surface area contributed by atoms with Crippen LogP contribution in [-0.4, -0.2) is 79.5 Å². The normalized spacial score (nSPS) is 23.2. The van der Waals surface area contributed by atoms with Gasteiger partial charge in [0.25, 0.3) is 0 Å². The fourth-order valence-electron chi connectivity index (χ4n) is 2.61. The molecule has 0 saturated carbocycles. The molecule has 1 amide bonds. The second-order valence-electron chi connectivity index (χ2n) is 4.99. The van der Waals surface area contributed by atoms with Crippen LogP contribution in [-0.2, 0) is 4.79 Å². The van der Waals surface area contributed by atoms with E-state index in [0.717, 1.165) is 52.4 Å². The zero-order valence-corrected chi connectivity index (χ0v) is 10.6. The standard InChI is InChI=1S/C12H24N4O/c13-3-6-14-7-9-15(10-8-14)11-12(17)16-4-1-2-5-16/h1-11,13H2. The van der Waals surface area contributed by atoms with Crippen LogP contribution >= 0.6 is 0 Å². The Kier molecular flexibility index (Phi) is 4.76. The van der Waals surface area contributed by atoms with E-state index in [2.05, 4.69) is 9.80 Å². The monoisotopic (exact) mass is 240 g/mol. The van der Waals surface area contributed by atoms with Crippen LogP contribution in [0.15, 0.2) is 0 Å². The van der Waals surface area contributed by atoms with Crippen molar-refractivity contribution in [1.29, 1.82) is 0 Å². The number of nitrogens with two attached hydrogens (primary N) is 1. The minimum absolute atomic E-state index is 0.315. The van der Waals surface area contributed by atoms with E-state index >= 15 is 0 Å². The van der Waals surface area contributed by atoms with Gasteiger partial charge in [0.2, 0.25) is 5.91 Å². The van der Waals surface area contributed by atoms with Gasteiger partial charge in [0, 0.05) is 52.4 Å². The maximum absolute atomic E-state index is 12.0. The molecule has 2 fully saturated rings. The van der Waals surface area contributed by atoms with E-state index in [-0.39, 0.29) is 0 Å². The molecule has 2 N–H and O–H groups in total. The van der Waals surface area contributed by atoms with Crippen LogP contribution in [0, 0.1) is 0 Å². The van der Waals surface area contributed by atoms with Crippen molar-refractivity contribution >= 4 is 5.91 Å². The largest absolute Gasteiger partial charge is 0.342 e. The van der Waals surface area contributed by atoms with Crippen molar-refractivity contribution in [2.24, 2.45) is 5.73 Å². The van der Waals surface area contributed by atoms with Crippen molar-refractivity contribution in [1.82, 2.24) is 14.7 Å². The summed E-state index contributed by atoms with van der Waals surface area (Å²) >= 11 is 0. The molecule has 2 aliphatic heterocycles. The summed E-state index contributed by atoms with van der Waals surface area (Å²) in [6, 6.07) is 0. The third kappa shape index (κ3) is 3.66. The zero-order valence-electron chi connectivity index (χ0n) is 10.6. The van der Waals surface area contributed by atoms with E-state index in [1.807, 2.05) is 4.90 Å². The molecule has 0 unspecified atom stereocenters. The van der Waals surface area contributed by atoms with Crippen molar-refractivity contribution in [3.63, 3.8) is 0 Å². The van der Waals surface area contributed by atoms with E-state index in [1.165, 1.54) is 12.8 Å². The van der Waals surface area contributed by atoms with Crippen LogP contribution in [0.25, 0.3) is 0 Å². The third-order valence-corrected chi connectivity index (χ3v) is 3.73.